The Morgan fingerprint density at radius 1 is 1.04 bits per heavy atom. The number of carbonyl (C=O) groups excluding carboxylic acids is 2. The van der Waals surface area contributed by atoms with E-state index in [2.05, 4.69) is 15.4 Å². The molecule has 2 aromatic rings. The van der Waals surface area contributed by atoms with Crippen molar-refractivity contribution in [2.45, 2.75) is 24.3 Å². The molecule has 1 aliphatic rings. The first-order chi connectivity index (χ1) is 12.8. The van der Waals surface area contributed by atoms with Gasteiger partial charge in [-0.2, -0.15) is 0 Å². The number of ether oxygens (including phenoxy) is 1. The van der Waals surface area contributed by atoms with Crippen LogP contribution < -0.4 is 20.1 Å². The quantitative estimate of drug-likeness (QED) is 0.677. The fourth-order valence-electron chi connectivity index (χ4n) is 2.83. The van der Waals surface area contributed by atoms with E-state index < -0.39 is 27.9 Å². The van der Waals surface area contributed by atoms with Crippen LogP contribution in [0.15, 0.2) is 47.4 Å². The summed E-state index contributed by atoms with van der Waals surface area (Å²) in [5, 5.41) is 5.09. The van der Waals surface area contributed by atoms with Gasteiger partial charge in [0, 0.05) is 11.6 Å². The first kappa shape index (κ1) is 18.9. The van der Waals surface area contributed by atoms with Crippen LogP contribution in [0.5, 0.6) is 5.75 Å². The van der Waals surface area contributed by atoms with Gasteiger partial charge in [0.1, 0.15) is 12.2 Å². The molecule has 0 bridgehead atoms. The van der Waals surface area contributed by atoms with Crippen LogP contribution in [-0.2, 0) is 19.6 Å². The van der Waals surface area contributed by atoms with Gasteiger partial charge >= 0.3 is 0 Å². The lowest BCUT2D eigenvalue weighted by Crippen LogP contribution is -2.27. The molecule has 9 heteroatoms. The van der Waals surface area contributed by atoms with Crippen LogP contribution >= 0.6 is 0 Å². The summed E-state index contributed by atoms with van der Waals surface area (Å²) in [5.74, 6) is -0.384. The van der Waals surface area contributed by atoms with Crippen molar-refractivity contribution in [2.24, 2.45) is 0 Å². The summed E-state index contributed by atoms with van der Waals surface area (Å²) in [6.07, 6.45) is -0.320. The fourth-order valence-corrected chi connectivity index (χ4v) is 4.07. The number of anilines is 2. The van der Waals surface area contributed by atoms with Gasteiger partial charge in [-0.1, -0.05) is 18.2 Å². The number of sulfonamides is 1. The molecule has 142 valence electrons. The number of para-hydroxylation sites is 1. The smallest absolute Gasteiger partial charge is 0.241 e. The van der Waals surface area contributed by atoms with Crippen LogP contribution in [0.2, 0.25) is 0 Å². The van der Waals surface area contributed by atoms with Gasteiger partial charge in [-0.05, 0) is 31.2 Å². The maximum atomic E-state index is 12.8. The third-order valence-corrected chi connectivity index (χ3v) is 5.65. The molecule has 0 aliphatic carbocycles. The number of rotatable bonds is 5. The van der Waals surface area contributed by atoms with Gasteiger partial charge < -0.3 is 15.4 Å². The van der Waals surface area contributed by atoms with Crippen LogP contribution in [0.25, 0.3) is 0 Å². The topological polar surface area (TPSA) is 114 Å². The van der Waals surface area contributed by atoms with Crippen molar-refractivity contribution in [2.75, 3.05) is 17.7 Å². The van der Waals surface area contributed by atoms with E-state index in [9.17, 15) is 18.0 Å². The Morgan fingerprint density at radius 2 is 1.70 bits per heavy atom. The first-order valence-electron chi connectivity index (χ1n) is 8.19. The number of nitrogens with one attached hydrogen (secondary N) is 3. The third-order valence-electron chi connectivity index (χ3n) is 4.11. The zero-order chi connectivity index (χ0) is 19.6. The zero-order valence-electron chi connectivity index (χ0n) is 14.8. The van der Waals surface area contributed by atoms with Crippen molar-refractivity contribution in [1.29, 1.82) is 0 Å². The van der Waals surface area contributed by atoms with Crippen LogP contribution in [-0.4, -0.2) is 27.3 Å². The standard InChI is InChI=1S/C18H19N3O5S/c1-11(13-5-3-4-6-16(13)26-2)21-27(24,25)12-7-8-14-15(9-12)20-18(23)10-17(22)19-14/h3-9,11,21H,10H2,1-2H3,(H,19,22)(H,20,23). The molecule has 1 aliphatic heterocycles. The average molecular weight is 389 g/mol. The molecule has 0 fully saturated rings. The minimum absolute atomic E-state index is 0.0283. The number of carbonyl (C=O) groups is 2. The van der Waals surface area contributed by atoms with Crippen molar-refractivity contribution in [1.82, 2.24) is 4.72 Å². The molecule has 8 nitrogen and oxygen atoms in total. The van der Waals surface area contributed by atoms with Gasteiger partial charge in [-0.25, -0.2) is 13.1 Å². The summed E-state index contributed by atoms with van der Waals surface area (Å²) < 4.78 is 33.4. The second kappa shape index (κ2) is 7.37. The van der Waals surface area contributed by atoms with Crippen LogP contribution in [0.3, 0.4) is 0 Å². The zero-order valence-corrected chi connectivity index (χ0v) is 15.6. The molecular formula is C18H19N3O5S. The van der Waals surface area contributed by atoms with Gasteiger partial charge in [0.15, 0.2) is 0 Å². The number of fused-ring (bicyclic) bond motifs is 1. The average Bonchev–Trinajstić information content (AvgIpc) is 2.76. The van der Waals surface area contributed by atoms with E-state index in [1.165, 1.54) is 25.3 Å². The van der Waals surface area contributed by atoms with Gasteiger partial charge in [0.25, 0.3) is 0 Å². The minimum atomic E-state index is -3.88. The number of amides is 2. The molecule has 27 heavy (non-hydrogen) atoms. The predicted octanol–water partition coefficient (Wildman–Crippen LogP) is 2.02. The van der Waals surface area contributed by atoms with E-state index in [0.29, 0.717) is 17.0 Å². The third kappa shape index (κ3) is 4.09. The van der Waals surface area contributed by atoms with E-state index in [1.54, 1.807) is 31.2 Å². The Hall–Kier alpha value is -2.91. The molecule has 1 atom stereocenters. The predicted molar refractivity (Wildman–Crippen MR) is 100 cm³/mol. The summed E-state index contributed by atoms with van der Waals surface area (Å²) in [6.45, 7) is 1.71. The van der Waals surface area contributed by atoms with Crippen molar-refractivity contribution < 1.29 is 22.7 Å². The normalized spacial score (nSPS) is 15.2. The summed E-state index contributed by atoms with van der Waals surface area (Å²) in [4.78, 5) is 23.3. The molecular weight excluding hydrogens is 370 g/mol. The molecule has 3 N–H and O–H groups in total. The Morgan fingerprint density at radius 3 is 2.41 bits per heavy atom. The molecule has 0 spiro atoms. The first-order valence-corrected chi connectivity index (χ1v) is 9.67. The molecule has 1 unspecified atom stereocenters. The molecule has 0 saturated heterocycles. The van der Waals surface area contributed by atoms with Gasteiger partial charge in [-0.3, -0.25) is 9.59 Å². The largest absolute Gasteiger partial charge is 0.496 e. The Bertz CT molecular complexity index is 1000. The maximum absolute atomic E-state index is 12.8. The van der Waals surface area contributed by atoms with E-state index >= 15 is 0 Å². The summed E-state index contributed by atoms with van der Waals surface area (Å²) in [5.41, 5.74) is 1.28. The van der Waals surface area contributed by atoms with Gasteiger partial charge in [0.05, 0.1) is 23.4 Å². The van der Waals surface area contributed by atoms with Gasteiger partial charge in [-0.15, -0.1) is 0 Å². The van der Waals surface area contributed by atoms with E-state index in [4.69, 9.17) is 4.74 Å². The lowest BCUT2D eigenvalue weighted by Gasteiger charge is -2.18. The second-order valence-corrected chi connectivity index (χ2v) is 7.78. The van der Waals surface area contributed by atoms with E-state index in [1.807, 2.05) is 0 Å². The Labute approximate surface area is 157 Å². The number of benzene rings is 2. The molecule has 0 saturated carbocycles. The van der Waals surface area contributed by atoms with E-state index in [0.717, 1.165) is 0 Å². The van der Waals surface area contributed by atoms with Crippen LogP contribution in [0, 0.1) is 0 Å². The number of hydrogen-bond donors (Lipinski definition) is 3. The summed E-state index contributed by atoms with van der Waals surface area (Å²) in [7, 11) is -2.36. The molecule has 1 heterocycles. The second-order valence-electron chi connectivity index (χ2n) is 6.07. The number of methoxy groups -OCH3 is 1. The van der Waals surface area contributed by atoms with Crippen molar-refractivity contribution in [3.63, 3.8) is 0 Å². The Balaban J connectivity index is 1.89. The molecule has 0 aromatic heterocycles. The summed E-state index contributed by atoms with van der Waals surface area (Å²) >= 11 is 0. The van der Waals surface area contributed by atoms with Crippen molar-refractivity contribution in [3.8, 4) is 5.75 Å². The molecule has 2 aromatic carbocycles. The van der Waals surface area contributed by atoms with Gasteiger partial charge in [0.2, 0.25) is 21.8 Å². The van der Waals surface area contributed by atoms with Crippen molar-refractivity contribution >= 4 is 33.2 Å². The highest BCUT2D eigenvalue weighted by atomic mass is 32.2. The maximum Gasteiger partial charge on any atom is 0.241 e. The highest BCUT2D eigenvalue weighted by Gasteiger charge is 2.24. The SMILES string of the molecule is COc1ccccc1C(C)NS(=O)(=O)c1ccc2c(c1)NC(=O)CC(=O)N2. The van der Waals surface area contributed by atoms with Crippen molar-refractivity contribution in [3.05, 3.63) is 48.0 Å². The monoisotopic (exact) mass is 389 g/mol. The summed E-state index contributed by atoms with van der Waals surface area (Å²) in [6, 6.07) is 10.7. The molecule has 3 rings (SSSR count). The highest BCUT2D eigenvalue weighted by Crippen LogP contribution is 2.30. The number of hydrogen-bond acceptors (Lipinski definition) is 5. The fraction of sp³-hybridized carbons (Fsp3) is 0.222. The van der Waals surface area contributed by atoms with Crippen LogP contribution in [0.1, 0.15) is 24.9 Å². The molecule has 2 amide bonds. The Kier molecular flexibility index (Phi) is 5.15. The highest BCUT2D eigenvalue weighted by molar-refractivity contribution is 7.89. The minimum Gasteiger partial charge on any atom is -0.496 e. The molecule has 0 radical (unpaired) electrons. The lowest BCUT2D eigenvalue weighted by molar-refractivity contribution is -0.123. The van der Waals surface area contributed by atoms with Crippen LogP contribution in [0.4, 0.5) is 11.4 Å². The van der Waals surface area contributed by atoms with E-state index in [-0.39, 0.29) is 17.0 Å². The lowest BCUT2D eigenvalue weighted by atomic mass is 10.1.